The number of ether oxygens (including phenoxy) is 2. The molecule has 1 heterocycles. The average molecular weight is 503 g/mol. The molecule has 8 heteroatoms. The molecule has 0 radical (unpaired) electrons. The Morgan fingerprint density at radius 3 is 2.29 bits per heavy atom. The van der Waals surface area contributed by atoms with Crippen LogP contribution >= 0.6 is 0 Å². The zero-order chi connectivity index (χ0) is 25.4. The second kappa shape index (κ2) is 12.4. The van der Waals surface area contributed by atoms with E-state index in [1.807, 2.05) is 24.3 Å². The molecule has 0 aliphatic carbocycles. The first-order valence-corrected chi connectivity index (χ1v) is 13.8. The molecule has 35 heavy (non-hydrogen) atoms. The third-order valence-corrected chi connectivity index (χ3v) is 8.28. The molecule has 1 amide bonds. The van der Waals surface area contributed by atoms with Gasteiger partial charge in [0.2, 0.25) is 15.9 Å². The van der Waals surface area contributed by atoms with Crippen LogP contribution in [0.3, 0.4) is 0 Å². The average Bonchev–Trinajstić information content (AvgIpc) is 2.87. The zero-order valence-electron chi connectivity index (χ0n) is 21.2. The molecule has 3 rings (SSSR count). The molecule has 2 aromatic rings. The highest BCUT2D eigenvalue weighted by atomic mass is 32.2. The van der Waals surface area contributed by atoms with Gasteiger partial charge in [0.15, 0.2) is 0 Å². The molecule has 0 spiro atoms. The molecule has 7 nitrogen and oxygen atoms in total. The Labute approximate surface area is 209 Å². The number of nitrogens with one attached hydrogen (secondary N) is 1. The second-order valence-electron chi connectivity index (χ2n) is 9.46. The van der Waals surface area contributed by atoms with Crippen LogP contribution in [0.25, 0.3) is 0 Å². The van der Waals surface area contributed by atoms with E-state index in [-0.39, 0.29) is 23.3 Å². The van der Waals surface area contributed by atoms with Crippen LogP contribution in [0.2, 0.25) is 0 Å². The molecular weight excluding hydrogens is 464 g/mol. The number of hydrogen-bond acceptors (Lipinski definition) is 5. The van der Waals surface area contributed by atoms with Gasteiger partial charge in [-0.25, -0.2) is 8.42 Å². The summed E-state index contributed by atoms with van der Waals surface area (Å²) in [5, 5.41) is 3.16. The fourth-order valence-electron chi connectivity index (χ4n) is 4.47. The van der Waals surface area contributed by atoms with Gasteiger partial charge >= 0.3 is 0 Å². The summed E-state index contributed by atoms with van der Waals surface area (Å²) in [5.74, 6) is 1.68. The molecule has 1 fully saturated rings. The van der Waals surface area contributed by atoms with E-state index in [1.165, 1.54) is 0 Å². The number of amides is 1. The third-order valence-electron chi connectivity index (χ3n) is 6.39. The molecule has 2 aromatic carbocycles. The molecular formula is C27H38N2O5S. The summed E-state index contributed by atoms with van der Waals surface area (Å²) < 4.78 is 38.5. The van der Waals surface area contributed by atoms with Crippen LogP contribution in [0.15, 0.2) is 47.4 Å². The van der Waals surface area contributed by atoms with E-state index in [0.29, 0.717) is 36.7 Å². The maximum Gasteiger partial charge on any atom is 0.243 e. The van der Waals surface area contributed by atoms with Crippen molar-refractivity contribution in [2.75, 3.05) is 27.3 Å². The lowest BCUT2D eigenvalue weighted by molar-refractivity contribution is -0.121. The Morgan fingerprint density at radius 1 is 1.00 bits per heavy atom. The van der Waals surface area contributed by atoms with Gasteiger partial charge in [0.05, 0.1) is 25.2 Å². The van der Waals surface area contributed by atoms with Crippen molar-refractivity contribution >= 4 is 15.9 Å². The number of nitrogens with zero attached hydrogens (tertiary/aromatic N) is 1. The van der Waals surface area contributed by atoms with Gasteiger partial charge in [0, 0.05) is 19.5 Å². The number of rotatable bonds is 11. The molecule has 192 valence electrons. The summed E-state index contributed by atoms with van der Waals surface area (Å²) in [6, 6.07) is 12.6. The summed E-state index contributed by atoms with van der Waals surface area (Å²) in [6.45, 7) is 5.35. The first kappa shape index (κ1) is 27.0. The van der Waals surface area contributed by atoms with E-state index in [0.717, 1.165) is 37.0 Å². The van der Waals surface area contributed by atoms with Gasteiger partial charge in [-0.15, -0.1) is 0 Å². The van der Waals surface area contributed by atoms with Gasteiger partial charge in [0.25, 0.3) is 0 Å². The lowest BCUT2D eigenvalue weighted by atomic mass is 9.96. The van der Waals surface area contributed by atoms with Gasteiger partial charge in [-0.2, -0.15) is 4.31 Å². The molecule has 1 aliphatic heterocycles. The SMILES string of the molecule is COc1ccc([C@@H](CC(C)C)NC(=O)CCc2cc(S(=O)(=O)N3CCCCC3)ccc2OC)cc1. The van der Waals surface area contributed by atoms with Crippen molar-refractivity contribution in [1.29, 1.82) is 0 Å². The van der Waals surface area contributed by atoms with Gasteiger partial charge in [0.1, 0.15) is 11.5 Å². The normalized spacial score (nSPS) is 15.6. The molecule has 0 aromatic heterocycles. The van der Waals surface area contributed by atoms with Crippen molar-refractivity contribution in [3.8, 4) is 11.5 Å². The second-order valence-corrected chi connectivity index (χ2v) is 11.4. The molecule has 0 unspecified atom stereocenters. The minimum Gasteiger partial charge on any atom is -0.497 e. The summed E-state index contributed by atoms with van der Waals surface area (Å²) in [4.78, 5) is 13.2. The third kappa shape index (κ3) is 7.21. The van der Waals surface area contributed by atoms with Crippen molar-refractivity contribution in [1.82, 2.24) is 9.62 Å². The van der Waals surface area contributed by atoms with Crippen molar-refractivity contribution in [2.45, 2.75) is 63.3 Å². The number of methoxy groups -OCH3 is 2. The van der Waals surface area contributed by atoms with E-state index < -0.39 is 10.0 Å². The minimum absolute atomic E-state index is 0.0854. The summed E-state index contributed by atoms with van der Waals surface area (Å²) in [5.41, 5.74) is 1.74. The summed E-state index contributed by atoms with van der Waals surface area (Å²) in [7, 11) is -0.371. The number of benzene rings is 2. The number of aryl methyl sites for hydroxylation is 1. The van der Waals surface area contributed by atoms with Gasteiger partial charge in [-0.1, -0.05) is 32.4 Å². The quantitative estimate of drug-likeness (QED) is 0.481. The molecule has 0 saturated carbocycles. The Kier molecular flexibility index (Phi) is 9.57. The van der Waals surface area contributed by atoms with E-state index in [4.69, 9.17) is 9.47 Å². The summed E-state index contributed by atoms with van der Waals surface area (Å²) in [6.07, 6.45) is 4.25. The first-order chi connectivity index (χ1) is 16.7. The Balaban J connectivity index is 1.71. The standard InChI is InChI=1S/C27H38N2O5S/c1-20(2)18-25(21-8-11-23(33-3)12-9-21)28-27(30)15-10-22-19-24(13-14-26(22)34-4)35(31,32)29-16-6-5-7-17-29/h8-9,11-14,19-20,25H,5-7,10,15-18H2,1-4H3,(H,28,30)/t25-/m1/s1. The first-order valence-electron chi connectivity index (χ1n) is 12.3. The van der Waals surface area contributed by atoms with Crippen LogP contribution in [-0.2, 0) is 21.2 Å². The van der Waals surface area contributed by atoms with Crippen LogP contribution in [-0.4, -0.2) is 45.9 Å². The lowest BCUT2D eigenvalue weighted by Crippen LogP contribution is -2.35. The van der Waals surface area contributed by atoms with Gasteiger partial charge in [-0.3, -0.25) is 4.79 Å². The Hall–Kier alpha value is -2.58. The molecule has 1 atom stereocenters. The highest BCUT2D eigenvalue weighted by Gasteiger charge is 2.27. The molecule has 0 bridgehead atoms. The molecule has 1 aliphatic rings. The van der Waals surface area contributed by atoms with Crippen LogP contribution in [0, 0.1) is 5.92 Å². The smallest absolute Gasteiger partial charge is 0.243 e. The minimum atomic E-state index is -3.56. The largest absolute Gasteiger partial charge is 0.497 e. The lowest BCUT2D eigenvalue weighted by Gasteiger charge is -2.26. The van der Waals surface area contributed by atoms with Crippen LogP contribution in [0.4, 0.5) is 0 Å². The van der Waals surface area contributed by atoms with Gasteiger partial charge in [-0.05, 0) is 73.1 Å². The van der Waals surface area contributed by atoms with Crippen LogP contribution in [0.1, 0.15) is 63.1 Å². The highest BCUT2D eigenvalue weighted by Crippen LogP contribution is 2.28. The predicted octanol–water partition coefficient (Wildman–Crippen LogP) is 4.71. The number of carbonyl (C=O) groups excluding carboxylic acids is 1. The number of piperidine rings is 1. The fraction of sp³-hybridized carbons (Fsp3) is 0.519. The van der Waals surface area contributed by atoms with Crippen molar-refractivity contribution in [3.63, 3.8) is 0 Å². The van der Waals surface area contributed by atoms with Crippen LogP contribution in [0.5, 0.6) is 11.5 Å². The van der Waals surface area contributed by atoms with Crippen molar-refractivity contribution < 1.29 is 22.7 Å². The topological polar surface area (TPSA) is 84.9 Å². The van der Waals surface area contributed by atoms with Crippen molar-refractivity contribution in [3.05, 3.63) is 53.6 Å². The van der Waals surface area contributed by atoms with E-state index in [9.17, 15) is 13.2 Å². The predicted molar refractivity (Wildman–Crippen MR) is 137 cm³/mol. The number of hydrogen-bond donors (Lipinski definition) is 1. The van der Waals surface area contributed by atoms with E-state index in [2.05, 4.69) is 19.2 Å². The Bertz CT molecular complexity index is 1080. The number of carbonyl (C=O) groups is 1. The van der Waals surface area contributed by atoms with Crippen molar-refractivity contribution in [2.24, 2.45) is 5.92 Å². The van der Waals surface area contributed by atoms with Crippen LogP contribution < -0.4 is 14.8 Å². The molecule has 1 N–H and O–H groups in total. The zero-order valence-corrected chi connectivity index (χ0v) is 22.1. The highest BCUT2D eigenvalue weighted by molar-refractivity contribution is 7.89. The number of sulfonamides is 1. The van der Waals surface area contributed by atoms with Gasteiger partial charge < -0.3 is 14.8 Å². The van der Waals surface area contributed by atoms with E-state index in [1.54, 1.807) is 36.7 Å². The fourth-order valence-corrected chi connectivity index (χ4v) is 6.03. The maximum atomic E-state index is 13.1. The Morgan fingerprint density at radius 2 is 1.69 bits per heavy atom. The maximum absolute atomic E-state index is 13.1. The summed E-state index contributed by atoms with van der Waals surface area (Å²) >= 11 is 0. The monoisotopic (exact) mass is 502 g/mol. The van der Waals surface area contributed by atoms with E-state index >= 15 is 0 Å². The molecule has 1 saturated heterocycles.